The van der Waals surface area contributed by atoms with Crippen molar-refractivity contribution in [2.45, 2.75) is 6.04 Å². The number of carbonyl (C=O) groups excluding carboxylic acids is 1. The fraction of sp³-hybridized carbons (Fsp3) is 0.323. The summed E-state index contributed by atoms with van der Waals surface area (Å²) < 4.78 is 16.1. The molecule has 1 fully saturated rings. The van der Waals surface area contributed by atoms with Crippen molar-refractivity contribution in [2.75, 3.05) is 60.6 Å². The summed E-state index contributed by atoms with van der Waals surface area (Å²) in [7, 11) is 4.70. The summed E-state index contributed by atoms with van der Waals surface area (Å²) >= 11 is 0. The van der Waals surface area contributed by atoms with Crippen molar-refractivity contribution in [3.63, 3.8) is 0 Å². The highest BCUT2D eigenvalue weighted by Crippen LogP contribution is 2.38. The molecular formula is C31H37N3O4. The lowest BCUT2D eigenvalue weighted by Crippen LogP contribution is -2.49. The molecule has 3 aromatic rings. The molecule has 7 nitrogen and oxygen atoms in total. The van der Waals surface area contributed by atoms with Crippen molar-refractivity contribution in [3.8, 4) is 17.2 Å². The molecule has 0 saturated carbocycles. The van der Waals surface area contributed by atoms with Crippen molar-refractivity contribution in [1.82, 2.24) is 15.1 Å². The Morgan fingerprint density at radius 1 is 0.842 bits per heavy atom. The van der Waals surface area contributed by atoms with E-state index in [0.717, 1.165) is 38.3 Å². The van der Waals surface area contributed by atoms with Crippen LogP contribution in [0.4, 0.5) is 0 Å². The molecule has 0 unspecified atom stereocenters. The largest absolute Gasteiger partial charge is 0.493 e. The lowest BCUT2D eigenvalue weighted by molar-refractivity contribution is -0.116. The maximum atomic E-state index is 12.4. The van der Waals surface area contributed by atoms with Gasteiger partial charge in [-0.3, -0.25) is 14.6 Å². The monoisotopic (exact) mass is 515 g/mol. The molecular weight excluding hydrogens is 478 g/mol. The lowest BCUT2D eigenvalue weighted by atomic mass is 9.96. The van der Waals surface area contributed by atoms with Crippen LogP contribution >= 0.6 is 0 Å². The summed E-state index contributed by atoms with van der Waals surface area (Å²) in [6, 6.07) is 25.3. The van der Waals surface area contributed by atoms with Gasteiger partial charge in [0.2, 0.25) is 11.7 Å². The van der Waals surface area contributed by atoms with Crippen molar-refractivity contribution in [3.05, 3.63) is 95.6 Å². The van der Waals surface area contributed by atoms with Crippen molar-refractivity contribution in [2.24, 2.45) is 0 Å². The average Bonchev–Trinajstić information content (AvgIpc) is 2.97. The Bertz CT molecular complexity index is 1130. The third kappa shape index (κ3) is 6.94. The zero-order chi connectivity index (χ0) is 26.7. The first-order valence-corrected chi connectivity index (χ1v) is 12.9. The minimum Gasteiger partial charge on any atom is -0.493 e. The van der Waals surface area contributed by atoms with Crippen LogP contribution in [0.15, 0.2) is 78.9 Å². The summed E-state index contributed by atoms with van der Waals surface area (Å²) in [5.41, 5.74) is 3.42. The Balaban J connectivity index is 1.27. The molecule has 1 heterocycles. The van der Waals surface area contributed by atoms with Gasteiger partial charge in [-0.05, 0) is 34.9 Å². The first-order chi connectivity index (χ1) is 18.6. The van der Waals surface area contributed by atoms with Gasteiger partial charge >= 0.3 is 0 Å². The predicted molar refractivity (Wildman–Crippen MR) is 151 cm³/mol. The smallest absolute Gasteiger partial charge is 0.244 e. The summed E-state index contributed by atoms with van der Waals surface area (Å²) in [6.07, 6.45) is 3.27. The molecule has 38 heavy (non-hydrogen) atoms. The zero-order valence-corrected chi connectivity index (χ0v) is 22.4. The van der Waals surface area contributed by atoms with E-state index in [1.807, 2.05) is 12.1 Å². The highest BCUT2D eigenvalue weighted by atomic mass is 16.5. The summed E-state index contributed by atoms with van der Waals surface area (Å²) in [6.45, 7) is 5.30. The van der Waals surface area contributed by atoms with Gasteiger partial charge in [-0.15, -0.1) is 0 Å². The topological polar surface area (TPSA) is 63.3 Å². The molecule has 0 bridgehead atoms. The van der Waals surface area contributed by atoms with Gasteiger partial charge in [-0.2, -0.15) is 0 Å². The molecule has 1 aliphatic heterocycles. The highest BCUT2D eigenvalue weighted by Gasteiger charge is 2.26. The van der Waals surface area contributed by atoms with Crippen LogP contribution in [0.3, 0.4) is 0 Å². The molecule has 0 spiro atoms. The second-order valence-corrected chi connectivity index (χ2v) is 9.18. The molecule has 1 N–H and O–H groups in total. The Hall–Kier alpha value is -3.81. The first-order valence-electron chi connectivity index (χ1n) is 12.9. The van der Waals surface area contributed by atoms with Gasteiger partial charge in [-0.1, -0.05) is 60.7 Å². The minimum absolute atomic E-state index is 0.134. The van der Waals surface area contributed by atoms with Crippen LogP contribution in [0.1, 0.15) is 22.7 Å². The number of methoxy groups -OCH3 is 3. The van der Waals surface area contributed by atoms with Gasteiger partial charge in [0, 0.05) is 45.3 Å². The molecule has 1 amide bonds. The Morgan fingerprint density at radius 3 is 1.89 bits per heavy atom. The molecule has 0 atom stereocenters. The van der Waals surface area contributed by atoms with Gasteiger partial charge in [-0.25, -0.2) is 0 Å². The fourth-order valence-corrected chi connectivity index (χ4v) is 4.90. The maximum Gasteiger partial charge on any atom is 0.244 e. The van der Waals surface area contributed by atoms with Gasteiger partial charge in [0.05, 0.1) is 27.4 Å². The second kappa shape index (κ2) is 13.7. The van der Waals surface area contributed by atoms with Crippen LogP contribution in [-0.2, 0) is 4.79 Å². The van der Waals surface area contributed by atoms with Crippen LogP contribution < -0.4 is 19.5 Å². The second-order valence-electron chi connectivity index (χ2n) is 9.18. The fourth-order valence-electron chi connectivity index (χ4n) is 4.90. The molecule has 3 aromatic carbocycles. The van der Waals surface area contributed by atoms with Crippen LogP contribution in [0, 0.1) is 0 Å². The number of hydrogen-bond acceptors (Lipinski definition) is 6. The van der Waals surface area contributed by atoms with Crippen LogP contribution in [0.2, 0.25) is 0 Å². The van der Waals surface area contributed by atoms with E-state index in [0.29, 0.717) is 23.8 Å². The molecule has 7 heteroatoms. The summed E-state index contributed by atoms with van der Waals surface area (Å²) in [5.74, 6) is 1.49. The van der Waals surface area contributed by atoms with E-state index < -0.39 is 0 Å². The van der Waals surface area contributed by atoms with E-state index in [9.17, 15) is 4.79 Å². The van der Waals surface area contributed by atoms with E-state index >= 15 is 0 Å². The quantitative estimate of drug-likeness (QED) is 0.385. The number of piperazine rings is 1. The minimum atomic E-state index is -0.134. The number of amides is 1. The molecule has 1 saturated heterocycles. The number of benzene rings is 3. The molecule has 4 rings (SSSR count). The molecule has 200 valence electrons. The third-order valence-corrected chi connectivity index (χ3v) is 6.84. The number of nitrogens with zero attached hydrogens (tertiary/aromatic N) is 2. The Labute approximate surface area is 225 Å². The maximum absolute atomic E-state index is 12.4. The number of nitrogens with one attached hydrogen (secondary N) is 1. The van der Waals surface area contributed by atoms with Gasteiger partial charge in [0.25, 0.3) is 0 Å². The normalized spacial score (nSPS) is 14.5. The molecule has 1 aliphatic rings. The predicted octanol–water partition coefficient (Wildman–Crippen LogP) is 4.25. The number of rotatable bonds is 11. The molecule has 0 radical (unpaired) electrons. The van der Waals surface area contributed by atoms with Crippen molar-refractivity contribution >= 4 is 12.0 Å². The van der Waals surface area contributed by atoms with Crippen LogP contribution in [0.25, 0.3) is 6.08 Å². The molecule has 0 aliphatic carbocycles. The molecule has 0 aromatic heterocycles. The Kier molecular flexibility index (Phi) is 9.78. The Morgan fingerprint density at radius 2 is 1.39 bits per heavy atom. The van der Waals surface area contributed by atoms with Crippen molar-refractivity contribution in [1.29, 1.82) is 0 Å². The van der Waals surface area contributed by atoms with Gasteiger partial charge < -0.3 is 19.5 Å². The van der Waals surface area contributed by atoms with E-state index in [2.05, 4.69) is 75.8 Å². The third-order valence-electron chi connectivity index (χ3n) is 6.84. The van der Waals surface area contributed by atoms with Crippen molar-refractivity contribution < 1.29 is 19.0 Å². The highest BCUT2D eigenvalue weighted by molar-refractivity contribution is 5.91. The first kappa shape index (κ1) is 27.2. The van der Waals surface area contributed by atoms with Crippen LogP contribution in [0.5, 0.6) is 17.2 Å². The number of carbonyl (C=O) groups is 1. The number of ether oxygens (including phenoxy) is 3. The standard InChI is InChI=1S/C31H37N3O4/c1-36-27-22-24(23-28(37-2)31(27)38-3)14-15-29(35)32-16-17-33-18-20-34(21-19-33)30(25-10-6-4-7-11-25)26-12-8-5-9-13-26/h4-15,22-23,30H,16-21H2,1-3H3,(H,32,35). The zero-order valence-electron chi connectivity index (χ0n) is 22.4. The summed E-state index contributed by atoms with van der Waals surface area (Å²) in [5, 5.41) is 3.00. The SMILES string of the molecule is COc1cc(C=CC(=O)NCCN2CCN(C(c3ccccc3)c3ccccc3)CC2)cc(OC)c1OC. The number of hydrogen-bond donors (Lipinski definition) is 1. The van der Waals surface area contributed by atoms with Gasteiger partial charge in [0.1, 0.15) is 0 Å². The average molecular weight is 516 g/mol. The van der Waals surface area contributed by atoms with Crippen LogP contribution in [-0.4, -0.2) is 76.3 Å². The van der Waals surface area contributed by atoms with E-state index in [4.69, 9.17) is 14.2 Å². The summed E-state index contributed by atoms with van der Waals surface area (Å²) in [4.78, 5) is 17.4. The lowest BCUT2D eigenvalue weighted by Gasteiger charge is -2.39. The van der Waals surface area contributed by atoms with E-state index in [1.54, 1.807) is 27.4 Å². The van der Waals surface area contributed by atoms with Gasteiger partial charge in [0.15, 0.2) is 11.5 Å². The van der Waals surface area contributed by atoms with E-state index in [1.165, 1.54) is 17.2 Å². The van der Waals surface area contributed by atoms with E-state index in [-0.39, 0.29) is 11.9 Å².